The number of nitrogens with two attached hydrogens (primary N) is 1. The number of hydrogen-bond acceptors (Lipinski definition) is 2. The zero-order valence-electron chi connectivity index (χ0n) is 10.6. The van der Waals surface area contributed by atoms with E-state index in [0.29, 0.717) is 15.1 Å². The predicted octanol–water partition coefficient (Wildman–Crippen LogP) is 4.67. The molecular weight excluding hydrogens is 369 g/mol. The monoisotopic (exact) mass is 378 g/mol. The lowest BCUT2D eigenvalue weighted by Crippen LogP contribution is -2.30. The summed E-state index contributed by atoms with van der Waals surface area (Å²) in [6.07, 6.45) is -4.47. The fourth-order valence-electron chi connectivity index (χ4n) is 2.05. The molecule has 2 rings (SSSR count). The molecule has 0 aromatic heterocycles. The fourth-order valence-corrected chi connectivity index (χ4v) is 2.53. The second kappa shape index (κ2) is 6.36. The third-order valence-electron chi connectivity index (χ3n) is 3.00. The molecule has 0 bridgehead atoms. The van der Waals surface area contributed by atoms with Crippen molar-refractivity contribution >= 4 is 27.5 Å². The lowest BCUT2D eigenvalue weighted by Gasteiger charge is -2.22. The van der Waals surface area contributed by atoms with Gasteiger partial charge in [-0.2, -0.15) is 13.2 Å². The first-order valence-electron chi connectivity index (χ1n) is 5.91. The van der Waals surface area contributed by atoms with Crippen molar-refractivity contribution in [2.45, 2.75) is 12.2 Å². The van der Waals surface area contributed by atoms with Crippen molar-refractivity contribution in [3.63, 3.8) is 0 Å². The van der Waals surface area contributed by atoms with E-state index in [9.17, 15) is 13.2 Å². The molecule has 112 valence electrons. The highest BCUT2D eigenvalue weighted by molar-refractivity contribution is 9.10. The molecule has 0 aliphatic carbocycles. The van der Waals surface area contributed by atoms with Crippen LogP contribution in [-0.2, 0) is 6.18 Å². The second-order valence-corrected chi connectivity index (χ2v) is 5.73. The van der Waals surface area contributed by atoms with E-state index in [0.717, 1.165) is 6.07 Å². The molecule has 1 atom stereocenters. The molecule has 0 radical (unpaired) electrons. The number of rotatable bonds is 3. The van der Waals surface area contributed by atoms with Crippen LogP contribution in [-0.4, -0.2) is 0 Å². The predicted molar refractivity (Wildman–Crippen MR) is 79.8 cm³/mol. The largest absolute Gasteiger partial charge is 0.416 e. The van der Waals surface area contributed by atoms with E-state index in [2.05, 4.69) is 21.4 Å². The van der Waals surface area contributed by atoms with Crippen molar-refractivity contribution < 1.29 is 13.2 Å². The Morgan fingerprint density at radius 2 is 1.71 bits per heavy atom. The van der Waals surface area contributed by atoms with E-state index in [1.807, 2.05) is 0 Å². The molecule has 21 heavy (non-hydrogen) atoms. The maximum atomic E-state index is 13.2. The van der Waals surface area contributed by atoms with E-state index in [1.165, 1.54) is 6.07 Å². The number of nitrogens with one attached hydrogen (secondary N) is 1. The van der Waals surface area contributed by atoms with Crippen molar-refractivity contribution in [3.8, 4) is 0 Å². The molecule has 0 heterocycles. The first-order valence-corrected chi connectivity index (χ1v) is 7.08. The fraction of sp³-hybridized carbons (Fsp3) is 0.143. The zero-order valence-corrected chi connectivity index (χ0v) is 12.9. The van der Waals surface area contributed by atoms with E-state index in [1.54, 1.807) is 30.3 Å². The maximum absolute atomic E-state index is 13.2. The summed E-state index contributed by atoms with van der Waals surface area (Å²) in [6, 6.07) is 9.67. The van der Waals surface area contributed by atoms with Gasteiger partial charge in [0.2, 0.25) is 0 Å². The van der Waals surface area contributed by atoms with Crippen molar-refractivity contribution in [1.29, 1.82) is 0 Å². The molecule has 1 unspecified atom stereocenters. The number of benzene rings is 2. The Morgan fingerprint density at radius 1 is 1.10 bits per heavy atom. The smallest absolute Gasteiger partial charge is 0.271 e. The topological polar surface area (TPSA) is 38.0 Å². The van der Waals surface area contributed by atoms with Gasteiger partial charge in [0, 0.05) is 9.50 Å². The van der Waals surface area contributed by atoms with Crippen molar-refractivity contribution in [1.82, 2.24) is 5.43 Å². The lowest BCUT2D eigenvalue weighted by atomic mass is 9.94. The molecule has 0 aliphatic rings. The summed E-state index contributed by atoms with van der Waals surface area (Å²) in [5, 5.41) is 0.501. The van der Waals surface area contributed by atoms with Crippen LogP contribution >= 0.6 is 27.5 Å². The molecular formula is C14H11BrClF3N2. The highest BCUT2D eigenvalue weighted by atomic mass is 79.9. The summed E-state index contributed by atoms with van der Waals surface area (Å²) in [7, 11) is 0. The molecule has 0 aliphatic heterocycles. The molecule has 2 aromatic rings. The van der Waals surface area contributed by atoms with Crippen LogP contribution in [0, 0.1) is 0 Å². The molecule has 0 fully saturated rings. The van der Waals surface area contributed by atoms with Crippen LogP contribution in [0.2, 0.25) is 5.02 Å². The summed E-state index contributed by atoms with van der Waals surface area (Å²) >= 11 is 8.85. The van der Waals surface area contributed by atoms with Crippen LogP contribution in [0.5, 0.6) is 0 Å². The van der Waals surface area contributed by atoms with Gasteiger partial charge in [-0.15, -0.1) is 0 Å². The Bertz CT molecular complexity index is 629. The third kappa shape index (κ3) is 3.77. The van der Waals surface area contributed by atoms with Gasteiger partial charge in [-0.1, -0.05) is 45.7 Å². The quantitative estimate of drug-likeness (QED) is 0.600. The molecule has 0 amide bonds. The summed E-state index contributed by atoms with van der Waals surface area (Å²) in [5.41, 5.74) is 2.33. The van der Waals surface area contributed by atoms with Crippen LogP contribution in [0.1, 0.15) is 22.7 Å². The first-order chi connectivity index (χ1) is 9.82. The Labute approximate surface area is 133 Å². The minimum atomic E-state index is -4.47. The van der Waals surface area contributed by atoms with Crippen molar-refractivity contribution in [3.05, 3.63) is 68.7 Å². The minimum absolute atomic E-state index is 0.0514. The van der Waals surface area contributed by atoms with Crippen molar-refractivity contribution in [2.24, 2.45) is 5.84 Å². The summed E-state index contributed by atoms with van der Waals surface area (Å²) < 4.78 is 39.9. The zero-order chi connectivity index (χ0) is 15.6. The highest BCUT2D eigenvalue weighted by Crippen LogP contribution is 2.38. The van der Waals surface area contributed by atoms with Crippen molar-refractivity contribution in [2.75, 3.05) is 0 Å². The SMILES string of the molecule is NNC(c1ccc(Cl)cc1)c1ccc(Br)cc1C(F)(F)F. The Kier molecular flexibility index (Phi) is 4.93. The number of halogens is 5. The summed E-state index contributed by atoms with van der Waals surface area (Å²) in [5.74, 6) is 5.46. The van der Waals surface area contributed by atoms with Gasteiger partial charge in [-0.05, 0) is 35.4 Å². The van der Waals surface area contributed by atoms with Gasteiger partial charge in [0.15, 0.2) is 0 Å². The van der Waals surface area contributed by atoms with E-state index >= 15 is 0 Å². The molecule has 2 aromatic carbocycles. The van der Waals surface area contributed by atoms with Gasteiger partial charge >= 0.3 is 6.18 Å². The average molecular weight is 380 g/mol. The Balaban J connectivity index is 2.55. The van der Waals surface area contributed by atoms with Crippen LogP contribution in [0.3, 0.4) is 0 Å². The summed E-state index contributed by atoms with van der Waals surface area (Å²) in [4.78, 5) is 0. The van der Waals surface area contributed by atoms with Gasteiger partial charge in [0.05, 0.1) is 11.6 Å². The van der Waals surface area contributed by atoms with Crippen LogP contribution in [0.15, 0.2) is 46.9 Å². The summed E-state index contributed by atoms with van der Waals surface area (Å²) in [6.45, 7) is 0. The standard InChI is InChI=1S/C14H11BrClF3N2/c15-9-3-6-11(12(7-9)14(17,18)19)13(21-20)8-1-4-10(16)5-2-8/h1-7,13,21H,20H2. The van der Waals surface area contributed by atoms with E-state index < -0.39 is 17.8 Å². The van der Waals surface area contributed by atoms with E-state index in [-0.39, 0.29) is 5.56 Å². The molecule has 2 nitrogen and oxygen atoms in total. The van der Waals surface area contributed by atoms with E-state index in [4.69, 9.17) is 17.4 Å². The third-order valence-corrected chi connectivity index (χ3v) is 3.75. The Hall–Kier alpha value is -1.08. The average Bonchev–Trinajstić information content (AvgIpc) is 2.42. The normalized spacial score (nSPS) is 13.2. The van der Waals surface area contributed by atoms with Crippen LogP contribution in [0.25, 0.3) is 0 Å². The molecule has 0 saturated heterocycles. The van der Waals surface area contributed by atoms with Gasteiger partial charge in [0.25, 0.3) is 0 Å². The van der Waals surface area contributed by atoms with Gasteiger partial charge in [-0.3, -0.25) is 5.84 Å². The molecule has 3 N–H and O–H groups in total. The number of alkyl halides is 3. The van der Waals surface area contributed by atoms with Crippen LogP contribution < -0.4 is 11.3 Å². The van der Waals surface area contributed by atoms with Gasteiger partial charge in [-0.25, -0.2) is 5.43 Å². The molecule has 7 heteroatoms. The highest BCUT2D eigenvalue weighted by Gasteiger charge is 2.35. The van der Waals surface area contributed by atoms with Gasteiger partial charge < -0.3 is 0 Å². The minimum Gasteiger partial charge on any atom is -0.271 e. The molecule has 0 saturated carbocycles. The number of hydrazine groups is 1. The Morgan fingerprint density at radius 3 is 2.24 bits per heavy atom. The number of hydrogen-bond donors (Lipinski definition) is 2. The van der Waals surface area contributed by atoms with Crippen LogP contribution in [0.4, 0.5) is 13.2 Å². The first kappa shape index (κ1) is 16.3. The van der Waals surface area contributed by atoms with Gasteiger partial charge in [0.1, 0.15) is 0 Å². The maximum Gasteiger partial charge on any atom is 0.416 e. The lowest BCUT2D eigenvalue weighted by molar-refractivity contribution is -0.138. The molecule has 0 spiro atoms. The second-order valence-electron chi connectivity index (χ2n) is 4.38.